The fraction of sp³-hybridized carbons (Fsp3) is 0.615. The molecule has 1 aromatic rings. The van der Waals surface area contributed by atoms with E-state index in [-0.39, 0.29) is 0 Å². The normalized spacial score (nSPS) is 15.9. The van der Waals surface area contributed by atoms with Crippen molar-refractivity contribution in [3.05, 3.63) is 23.5 Å². The first-order chi connectivity index (χ1) is 7.70. The second-order valence-corrected chi connectivity index (χ2v) is 5.03. The minimum Gasteiger partial charge on any atom is -0.374 e. The van der Waals surface area contributed by atoms with Gasteiger partial charge in [0.25, 0.3) is 0 Å². The SMILES string of the molecule is Cc1cc(N(C)CC2CCC2)c(CCl)cn1. The van der Waals surface area contributed by atoms with Crippen LogP contribution in [0.5, 0.6) is 0 Å². The molecular formula is C13H19ClN2. The van der Waals surface area contributed by atoms with Crippen molar-refractivity contribution in [3.63, 3.8) is 0 Å². The zero-order valence-electron chi connectivity index (χ0n) is 10.0. The van der Waals surface area contributed by atoms with Gasteiger partial charge in [0.05, 0.1) is 5.88 Å². The van der Waals surface area contributed by atoms with E-state index in [0.29, 0.717) is 5.88 Å². The Bertz CT molecular complexity index is 361. The lowest BCUT2D eigenvalue weighted by molar-refractivity contribution is 0.321. The summed E-state index contributed by atoms with van der Waals surface area (Å²) in [6, 6.07) is 2.14. The maximum Gasteiger partial charge on any atom is 0.0509 e. The van der Waals surface area contributed by atoms with Crippen molar-refractivity contribution in [3.8, 4) is 0 Å². The minimum atomic E-state index is 0.539. The monoisotopic (exact) mass is 238 g/mol. The second kappa shape index (κ2) is 5.05. The van der Waals surface area contributed by atoms with Gasteiger partial charge in [-0.15, -0.1) is 11.6 Å². The van der Waals surface area contributed by atoms with E-state index in [0.717, 1.165) is 23.7 Å². The van der Waals surface area contributed by atoms with Crippen LogP contribution in [0.3, 0.4) is 0 Å². The van der Waals surface area contributed by atoms with Crippen LogP contribution in [0.1, 0.15) is 30.5 Å². The van der Waals surface area contributed by atoms with Crippen molar-refractivity contribution in [1.29, 1.82) is 0 Å². The lowest BCUT2D eigenvalue weighted by atomic mass is 9.85. The van der Waals surface area contributed by atoms with Crippen LogP contribution in [0.4, 0.5) is 5.69 Å². The highest BCUT2D eigenvalue weighted by Crippen LogP contribution is 2.29. The Labute approximate surface area is 103 Å². The predicted octanol–water partition coefficient (Wildman–Crippen LogP) is 3.37. The molecule has 1 aliphatic carbocycles. The van der Waals surface area contributed by atoms with Crippen molar-refractivity contribution in [2.75, 3.05) is 18.5 Å². The standard InChI is InChI=1S/C13H19ClN2/c1-10-6-13(12(7-14)8-15-10)16(2)9-11-4-3-5-11/h6,8,11H,3-5,7,9H2,1-2H3. The average Bonchev–Trinajstić information content (AvgIpc) is 2.23. The van der Waals surface area contributed by atoms with Crippen molar-refractivity contribution >= 4 is 17.3 Å². The van der Waals surface area contributed by atoms with E-state index >= 15 is 0 Å². The number of anilines is 1. The number of alkyl halides is 1. The molecular weight excluding hydrogens is 220 g/mol. The number of halogens is 1. The highest BCUT2D eigenvalue weighted by Gasteiger charge is 2.20. The Morgan fingerprint density at radius 3 is 2.81 bits per heavy atom. The molecule has 0 unspecified atom stereocenters. The summed E-state index contributed by atoms with van der Waals surface area (Å²) in [5.41, 5.74) is 3.44. The summed E-state index contributed by atoms with van der Waals surface area (Å²) in [4.78, 5) is 6.62. The van der Waals surface area contributed by atoms with Gasteiger partial charge >= 0.3 is 0 Å². The molecule has 88 valence electrons. The van der Waals surface area contributed by atoms with Crippen LogP contribution in [0.25, 0.3) is 0 Å². The van der Waals surface area contributed by atoms with E-state index in [1.807, 2.05) is 13.1 Å². The summed E-state index contributed by atoms with van der Waals surface area (Å²) in [6.45, 7) is 3.17. The molecule has 0 bridgehead atoms. The molecule has 0 N–H and O–H groups in total. The minimum absolute atomic E-state index is 0.539. The van der Waals surface area contributed by atoms with Crippen LogP contribution in [-0.4, -0.2) is 18.6 Å². The third-order valence-electron chi connectivity index (χ3n) is 3.41. The number of hydrogen-bond donors (Lipinski definition) is 0. The van der Waals surface area contributed by atoms with Crippen LogP contribution in [0.15, 0.2) is 12.3 Å². The molecule has 3 heteroatoms. The number of pyridine rings is 1. The Balaban J connectivity index is 2.13. The van der Waals surface area contributed by atoms with E-state index in [1.54, 1.807) is 0 Å². The molecule has 0 atom stereocenters. The number of hydrogen-bond acceptors (Lipinski definition) is 2. The van der Waals surface area contributed by atoms with Gasteiger partial charge < -0.3 is 4.90 Å². The molecule has 1 fully saturated rings. The van der Waals surface area contributed by atoms with Crippen molar-refractivity contribution in [1.82, 2.24) is 4.98 Å². The fourth-order valence-electron chi connectivity index (χ4n) is 2.19. The van der Waals surface area contributed by atoms with Crippen molar-refractivity contribution in [2.24, 2.45) is 5.92 Å². The molecule has 1 aliphatic rings. The molecule has 0 saturated heterocycles. The Morgan fingerprint density at radius 2 is 2.25 bits per heavy atom. The van der Waals surface area contributed by atoms with Crippen LogP contribution in [0, 0.1) is 12.8 Å². The van der Waals surface area contributed by atoms with Gasteiger partial charge in [-0.05, 0) is 31.7 Å². The van der Waals surface area contributed by atoms with Gasteiger partial charge in [-0.2, -0.15) is 0 Å². The molecule has 0 aromatic carbocycles. The third kappa shape index (κ3) is 2.49. The van der Waals surface area contributed by atoms with E-state index in [4.69, 9.17) is 11.6 Å². The van der Waals surface area contributed by atoms with Crippen molar-refractivity contribution in [2.45, 2.75) is 32.1 Å². The van der Waals surface area contributed by atoms with Crippen LogP contribution < -0.4 is 4.90 Å². The summed E-state index contributed by atoms with van der Waals surface area (Å²) >= 11 is 5.95. The molecule has 0 radical (unpaired) electrons. The predicted molar refractivity (Wildman–Crippen MR) is 69.1 cm³/mol. The van der Waals surface area contributed by atoms with Gasteiger partial charge in [-0.1, -0.05) is 6.42 Å². The largest absolute Gasteiger partial charge is 0.374 e. The van der Waals surface area contributed by atoms with E-state index in [2.05, 4.69) is 23.0 Å². The lowest BCUT2D eigenvalue weighted by Gasteiger charge is -2.32. The summed E-state index contributed by atoms with van der Waals surface area (Å²) in [5, 5.41) is 0. The van der Waals surface area contributed by atoms with Crippen LogP contribution in [-0.2, 0) is 5.88 Å². The summed E-state index contributed by atoms with van der Waals surface area (Å²) in [6.07, 6.45) is 6.06. The molecule has 1 heterocycles. The maximum absolute atomic E-state index is 5.95. The molecule has 2 nitrogen and oxygen atoms in total. The maximum atomic E-state index is 5.95. The zero-order chi connectivity index (χ0) is 11.5. The molecule has 16 heavy (non-hydrogen) atoms. The number of rotatable bonds is 4. The molecule has 0 amide bonds. The van der Waals surface area contributed by atoms with Gasteiger partial charge in [0.15, 0.2) is 0 Å². The quantitative estimate of drug-likeness (QED) is 0.748. The van der Waals surface area contributed by atoms with Crippen LogP contribution >= 0.6 is 11.6 Å². The van der Waals surface area contributed by atoms with Gasteiger partial charge in [0.2, 0.25) is 0 Å². The average molecular weight is 239 g/mol. The van der Waals surface area contributed by atoms with Crippen LogP contribution in [0.2, 0.25) is 0 Å². The first-order valence-electron chi connectivity index (χ1n) is 5.93. The van der Waals surface area contributed by atoms with E-state index < -0.39 is 0 Å². The lowest BCUT2D eigenvalue weighted by Crippen LogP contribution is -2.30. The fourth-order valence-corrected chi connectivity index (χ4v) is 2.40. The first-order valence-corrected chi connectivity index (χ1v) is 6.46. The third-order valence-corrected chi connectivity index (χ3v) is 3.70. The van der Waals surface area contributed by atoms with Gasteiger partial charge in [-0.25, -0.2) is 0 Å². The molecule has 1 aromatic heterocycles. The molecule has 2 rings (SSSR count). The van der Waals surface area contributed by atoms with Crippen molar-refractivity contribution < 1.29 is 0 Å². The van der Waals surface area contributed by atoms with E-state index in [9.17, 15) is 0 Å². The van der Waals surface area contributed by atoms with Gasteiger partial charge in [0, 0.05) is 36.7 Å². The topological polar surface area (TPSA) is 16.1 Å². The molecule has 0 aliphatic heterocycles. The summed E-state index contributed by atoms with van der Waals surface area (Å²) < 4.78 is 0. The Kier molecular flexibility index (Phi) is 3.70. The van der Waals surface area contributed by atoms with Gasteiger partial charge in [-0.3, -0.25) is 4.98 Å². The number of aromatic nitrogens is 1. The van der Waals surface area contributed by atoms with Gasteiger partial charge in [0.1, 0.15) is 0 Å². The summed E-state index contributed by atoms with van der Waals surface area (Å²) in [5.74, 6) is 1.42. The Morgan fingerprint density at radius 1 is 1.50 bits per heavy atom. The number of nitrogens with zero attached hydrogens (tertiary/aromatic N) is 2. The first kappa shape index (κ1) is 11.7. The smallest absolute Gasteiger partial charge is 0.0509 e. The second-order valence-electron chi connectivity index (χ2n) is 4.77. The van der Waals surface area contributed by atoms with E-state index in [1.165, 1.54) is 24.9 Å². The highest BCUT2D eigenvalue weighted by molar-refractivity contribution is 6.17. The number of aryl methyl sites for hydroxylation is 1. The Hall–Kier alpha value is -0.760. The molecule has 0 spiro atoms. The summed E-state index contributed by atoms with van der Waals surface area (Å²) in [7, 11) is 2.16. The zero-order valence-corrected chi connectivity index (χ0v) is 10.8. The highest BCUT2D eigenvalue weighted by atomic mass is 35.5. The molecule has 1 saturated carbocycles.